The fourth-order valence-corrected chi connectivity index (χ4v) is 1.21. The molecule has 0 radical (unpaired) electrons. The molecule has 0 aliphatic rings. The van der Waals surface area contributed by atoms with Crippen LogP contribution in [0.4, 0.5) is 0 Å². The van der Waals surface area contributed by atoms with E-state index >= 15 is 0 Å². The summed E-state index contributed by atoms with van der Waals surface area (Å²) in [7, 11) is 0. The van der Waals surface area contributed by atoms with E-state index < -0.39 is 0 Å². The maximum Gasteiger partial charge on any atom is 0.177 e. The van der Waals surface area contributed by atoms with Gasteiger partial charge in [0.1, 0.15) is 0 Å². The summed E-state index contributed by atoms with van der Waals surface area (Å²) < 4.78 is 1.78. The van der Waals surface area contributed by atoms with Gasteiger partial charge in [0.25, 0.3) is 0 Å². The number of aryl methyl sites for hydroxylation is 1. The Morgan fingerprint density at radius 3 is 3.17 bits per heavy atom. The molecule has 0 amide bonds. The number of H-pyrrole nitrogens is 1. The van der Waals surface area contributed by atoms with Gasteiger partial charge in [-0.3, -0.25) is 5.10 Å². The summed E-state index contributed by atoms with van der Waals surface area (Å²) in [4.78, 5) is 0. The summed E-state index contributed by atoms with van der Waals surface area (Å²) in [5.74, 6) is 0.764. The molecule has 2 N–H and O–H groups in total. The Morgan fingerprint density at radius 2 is 2.42 bits per heavy atom. The van der Waals surface area contributed by atoms with Crippen molar-refractivity contribution in [3.05, 3.63) is 17.6 Å². The maximum atomic E-state index is 8.71. The largest absolute Gasteiger partial charge is 0.396 e. The lowest BCUT2D eigenvalue weighted by Crippen LogP contribution is -1.99. The molecule has 12 heavy (non-hydrogen) atoms. The molecule has 64 valence electrons. The molecule has 0 spiro atoms. The van der Waals surface area contributed by atoms with Crippen molar-refractivity contribution in [2.75, 3.05) is 6.61 Å². The summed E-state index contributed by atoms with van der Waals surface area (Å²) in [5.41, 5.74) is 1.84. The van der Waals surface area contributed by atoms with Crippen LogP contribution in [0.2, 0.25) is 0 Å². The van der Waals surface area contributed by atoms with Crippen LogP contribution in [0.3, 0.4) is 0 Å². The van der Waals surface area contributed by atoms with Crippen LogP contribution in [-0.2, 0) is 6.42 Å². The van der Waals surface area contributed by atoms with Crippen molar-refractivity contribution in [1.29, 1.82) is 0 Å². The van der Waals surface area contributed by atoms with Gasteiger partial charge < -0.3 is 5.11 Å². The molecular weight excluding hydrogens is 156 g/mol. The van der Waals surface area contributed by atoms with E-state index in [0.717, 1.165) is 17.2 Å². The van der Waals surface area contributed by atoms with Crippen LogP contribution in [0.5, 0.6) is 0 Å². The topological polar surface area (TPSA) is 66.2 Å². The summed E-state index contributed by atoms with van der Waals surface area (Å²) in [5, 5.41) is 19.6. The van der Waals surface area contributed by atoms with E-state index in [1.54, 1.807) is 4.52 Å². The predicted octanol–water partition coefficient (Wildman–Crippen LogP) is -0.0994. The molecule has 2 heterocycles. The maximum absolute atomic E-state index is 8.71. The number of nitrogens with one attached hydrogen (secondary N) is 1. The van der Waals surface area contributed by atoms with Gasteiger partial charge in [-0.05, 0) is 6.92 Å². The first-order chi connectivity index (χ1) is 5.81. The molecule has 5 nitrogen and oxygen atoms in total. The van der Waals surface area contributed by atoms with E-state index in [9.17, 15) is 0 Å². The molecule has 0 saturated heterocycles. The van der Waals surface area contributed by atoms with E-state index in [-0.39, 0.29) is 6.61 Å². The zero-order chi connectivity index (χ0) is 8.55. The Bertz CT molecular complexity index is 389. The Kier molecular flexibility index (Phi) is 1.58. The highest BCUT2D eigenvalue weighted by molar-refractivity contribution is 5.38. The highest BCUT2D eigenvalue weighted by Crippen LogP contribution is 2.04. The SMILES string of the molecule is Cc1cc2nnc(CCO)n2[nH]1. The normalized spacial score (nSPS) is 11.2. The number of nitrogens with zero attached hydrogens (tertiary/aromatic N) is 3. The Morgan fingerprint density at radius 1 is 1.58 bits per heavy atom. The first kappa shape index (κ1) is 7.30. The Balaban J connectivity index is 2.53. The number of hydrogen-bond donors (Lipinski definition) is 2. The first-order valence-electron chi connectivity index (χ1n) is 3.82. The smallest absolute Gasteiger partial charge is 0.177 e. The minimum absolute atomic E-state index is 0.0961. The number of hydrogen-bond acceptors (Lipinski definition) is 3. The minimum atomic E-state index is 0.0961. The van der Waals surface area contributed by atoms with Crippen LogP contribution >= 0.6 is 0 Å². The summed E-state index contributed by atoms with van der Waals surface area (Å²) in [6, 6.07) is 1.91. The lowest BCUT2D eigenvalue weighted by molar-refractivity contribution is 0.295. The quantitative estimate of drug-likeness (QED) is 0.654. The van der Waals surface area contributed by atoms with Crippen LogP contribution < -0.4 is 0 Å². The number of rotatable bonds is 2. The van der Waals surface area contributed by atoms with Gasteiger partial charge in [-0.25, -0.2) is 4.52 Å². The lowest BCUT2D eigenvalue weighted by atomic mass is 10.4. The number of aromatic amines is 1. The molecule has 0 aliphatic heterocycles. The van der Waals surface area contributed by atoms with Crippen molar-refractivity contribution in [3.8, 4) is 0 Å². The predicted molar refractivity (Wildman–Crippen MR) is 42.9 cm³/mol. The third-order valence-electron chi connectivity index (χ3n) is 1.72. The van der Waals surface area contributed by atoms with Gasteiger partial charge in [0.15, 0.2) is 11.5 Å². The second-order valence-corrected chi connectivity index (χ2v) is 2.72. The molecule has 2 aromatic rings. The van der Waals surface area contributed by atoms with Gasteiger partial charge in [-0.1, -0.05) is 0 Å². The molecule has 0 unspecified atom stereocenters. The second kappa shape index (κ2) is 2.60. The van der Waals surface area contributed by atoms with Crippen LogP contribution in [0, 0.1) is 6.92 Å². The Hall–Kier alpha value is -1.36. The molecule has 0 aromatic carbocycles. The zero-order valence-electron chi connectivity index (χ0n) is 6.78. The molecule has 2 rings (SSSR count). The number of fused-ring (bicyclic) bond motifs is 1. The van der Waals surface area contributed by atoms with Crippen molar-refractivity contribution >= 4 is 5.65 Å². The van der Waals surface area contributed by atoms with Crippen molar-refractivity contribution in [1.82, 2.24) is 19.8 Å². The van der Waals surface area contributed by atoms with Gasteiger partial charge in [-0.2, -0.15) is 0 Å². The van der Waals surface area contributed by atoms with Crippen molar-refractivity contribution in [2.24, 2.45) is 0 Å². The standard InChI is InChI=1S/C7H10N4O/c1-5-4-7-9-8-6(2-3-12)11(7)10-5/h4,10,12H,2-3H2,1H3. The van der Waals surface area contributed by atoms with Crippen LogP contribution in [0.15, 0.2) is 6.07 Å². The van der Waals surface area contributed by atoms with E-state index in [1.807, 2.05) is 13.0 Å². The van der Waals surface area contributed by atoms with Crippen LogP contribution in [0.1, 0.15) is 11.5 Å². The molecule has 0 aliphatic carbocycles. The highest BCUT2D eigenvalue weighted by atomic mass is 16.3. The molecule has 0 atom stereocenters. The minimum Gasteiger partial charge on any atom is -0.396 e. The van der Waals surface area contributed by atoms with Crippen molar-refractivity contribution in [3.63, 3.8) is 0 Å². The fraction of sp³-hybridized carbons (Fsp3) is 0.429. The van der Waals surface area contributed by atoms with E-state index in [4.69, 9.17) is 5.11 Å². The van der Waals surface area contributed by atoms with Gasteiger partial charge in [-0.15, -0.1) is 10.2 Å². The van der Waals surface area contributed by atoms with Crippen LogP contribution in [0.25, 0.3) is 5.65 Å². The molecule has 0 fully saturated rings. The molecule has 0 saturated carbocycles. The van der Waals surface area contributed by atoms with Crippen LogP contribution in [-0.4, -0.2) is 31.5 Å². The van der Waals surface area contributed by atoms with Gasteiger partial charge >= 0.3 is 0 Å². The third kappa shape index (κ3) is 0.984. The first-order valence-corrected chi connectivity index (χ1v) is 3.82. The average Bonchev–Trinajstić information content (AvgIpc) is 2.52. The average molecular weight is 166 g/mol. The second-order valence-electron chi connectivity index (χ2n) is 2.72. The number of aromatic nitrogens is 4. The molecule has 2 aromatic heterocycles. The van der Waals surface area contributed by atoms with E-state index in [0.29, 0.717) is 6.42 Å². The number of aliphatic hydroxyl groups excluding tert-OH is 1. The van der Waals surface area contributed by atoms with Crippen molar-refractivity contribution < 1.29 is 5.11 Å². The summed E-state index contributed by atoms with van der Waals surface area (Å²) in [6.07, 6.45) is 0.529. The highest BCUT2D eigenvalue weighted by Gasteiger charge is 2.05. The third-order valence-corrected chi connectivity index (χ3v) is 1.72. The summed E-state index contributed by atoms with van der Waals surface area (Å²) >= 11 is 0. The molecule has 0 bridgehead atoms. The van der Waals surface area contributed by atoms with E-state index in [1.165, 1.54) is 0 Å². The fourth-order valence-electron chi connectivity index (χ4n) is 1.21. The lowest BCUT2D eigenvalue weighted by Gasteiger charge is -1.91. The zero-order valence-corrected chi connectivity index (χ0v) is 6.78. The summed E-state index contributed by atoms with van der Waals surface area (Å²) in [6.45, 7) is 2.05. The van der Waals surface area contributed by atoms with Gasteiger partial charge in [0.05, 0.1) is 6.61 Å². The molecule has 5 heteroatoms. The molecular formula is C7H10N4O. The Labute approximate surface area is 69.0 Å². The van der Waals surface area contributed by atoms with Crippen molar-refractivity contribution in [2.45, 2.75) is 13.3 Å². The van der Waals surface area contributed by atoms with E-state index in [2.05, 4.69) is 15.3 Å². The number of aliphatic hydroxyl groups is 1. The van der Waals surface area contributed by atoms with Gasteiger partial charge in [0.2, 0.25) is 0 Å². The van der Waals surface area contributed by atoms with Gasteiger partial charge in [0, 0.05) is 18.2 Å². The monoisotopic (exact) mass is 166 g/mol.